The second-order valence-corrected chi connectivity index (χ2v) is 5.95. The topological polar surface area (TPSA) is 103 Å². The molecule has 26 heavy (non-hydrogen) atoms. The van der Waals surface area contributed by atoms with Crippen LogP contribution >= 0.6 is 0 Å². The van der Waals surface area contributed by atoms with Crippen LogP contribution in [-0.2, 0) is 25.4 Å². The summed E-state index contributed by atoms with van der Waals surface area (Å²) in [5.41, 5.74) is 3.84. The van der Waals surface area contributed by atoms with Crippen LogP contribution in [-0.4, -0.2) is 30.8 Å². The maximum atomic E-state index is 12.3. The predicted molar refractivity (Wildman–Crippen MR) is 97.1 cm³/mol. The molecule has 0 unspecified atom stereocenters. The van der Waals surface area contributed by atoms with Crippen molar-refractivity contribution in [3.63, 3.8) is 0 Å². The van der Waals surface area contributed by atoms with E-state index in [0.717, 1.165) is 15.7 Å². The van der Waals surface area contributed by atoms with Crippen LogP contribution in [0.25, 0.3) is 11.2 Å². The first-order valence-corrected chi connectivity index (χ1v) is 7.88. The Labute approximate surface area is 148 Å². The lowest BCUT2D eigenvalue weighted by Crippen LogP contribution is -2.38. The predicted octanol–water partition coefficient (Wildman–Crippen LogP) is -0.108. The third-order valence-corrected chi connectivity index (χ3v) is 4.01. The van der Waals surface area contributed by atoms with Crippen LogP contribution in [0.4, 0.5) is 0 Å². The summed E-state index contributed by atoms with van der Waals surface area (Å²) in [6.07, 6.45) is 2.89. The molecule has 0 aliphatic rings. The summed E-state index contributed by atoms with van der Waals surface area (Å²) in [4.78, 5) is 40.4. The zero-order valence-electron chi connectivity index (χ0n) is 14.6. The highest BCUT2D eigenvalue weighted by atomic mass is 16.2. The Morgan fingerprint density at radius 2 is 1.88 bits per heavy atom. The SMILES string of the molecule is Cc1ccc(C=NNC(=O)Cn2cnc3c2c(=O)n(C)c(=O)n3C)cc1. The molecule has 1 amide bonds. The summed E-state index contributed by atoms with van der Waals surface area (Å²) in [6, 6.07) is 7.67. The lowest BCUT2D eigenvalue weighted by molar-refractivity contribution is -0.121. The molecule has 9 nitrogen and oxygen atoms in total. The maximum Gasteiger partial charge on any atom is 0.332 e. The quantitative estimate of drug-likeness (QED) is 0.522. The van der Waals surface area contributed by atoms with E-state index in [9.17, 15) is 14.4 Å². The molecule has 0 saturated carbocycles. The van der Waals surface area contributed by atoms with Gasteiger partial charge in [-0.3, -0.25) is 18.7 Å². The molecule has 1 aromatic carbocycles. The second kappa shape index (κ2) is 6.79. The van der Waals surface area contributed by atoms with Gasteiger partial charge in [-0.15, -0.1) is 0 Å². The number of amides is 1. The van der Waals surface area contributed by atoms with Crippen molar-refractivity contribution in [1.82, 2.24) is 24.1 Å². The van der Waals surface area contributed by atoms with Gasteiger partial charge in [-0.05, 0) is 12.5 Å². The highest BCUT2D eigenvalue weighted by Gasteiger charge is 2.15. The lowest BCUT2D eigenvalue weighted by atomic mass is 10.2. The summed E-state index contributed by atoms with van der Waals surface area (Å²) < 4.78 is 3.64. The molecule has 0 aliphatic carbocycles. The average molecular weight is 354 g/mol. The van der Waals surface area contributed by atoms with Gasteiger partial charge >= 0.3 is 5.69 Å². The van der Waals surface area contributed by atoms with E-state index in [0.29, 0.717) is 0 Å². The molecule has 0 radical (unpaired) electrons. The molecular weight excluding hydrogens is 336 g/mol. The number of hydrogen-bond donors (Lipinski definition) is 1. The Morgan fingerprint density at radius 1 is 1.19 bits per heavy atom. The highest BCUT2D eigenvalue weighted by Crippen LogP contribution is 2.05. The summed E-state index contributed by atoms with van der Waals surface area (Å²) in [5, 5.41) is 3.91. The highest BCUT2D eigenvalue weighted by molar-refractivity contribution is 5.83. The zero-order valence-corrected chi connectivity index (χ0v) is 14.6. The number of imidazole rings is 1. The van der Waals surface area contributed by atoms with Crippen molar-refractivity contribution < 1.29 is 4.79 Å². The van der Waals surface area contributed by atoms with E-state index in [1.807, 2.05) is 31.2 Å². The Balaban J connectivity index is 1.79. The van der Waals surface area contributed by atoms with Crippen LogP contribution in [0, 0.1) is 6.92 Å². The molecule has 2 heterocycles. The lowest BCUT2D eigenvalue weighted by Gasteiger charge is -2.06. The number of carbonyl (C=O) groups is 1. The number of fused-ring (bicyclic) bond motifs is 1. The zero-order chi connectivity index (χ0) is 18.8. The Morgan fingerprint density at radius 3 is 2.58 bits per heavy atom. The number of nitrogens with one attached hydrogen (secondary N) is 1. The van der Waals surface area contributed by atoms with E-state index in [1.54, 1.807) is 0 Å². The van der Waals surface area contributed by atoms with Crippen LogP contribution in [0.3, 0.4) is 0 Å². The molecule has 0 atom stereocenters. The third kappa shape index (κ3) is 3.18. The molecule has 0 saturated heterocycles. The van der Waals surface area contributed by atoms with Crippen molar-refractivity contribution in [2.24, 2.45) is 19.2 Å². The molecule has 134 valence electrons. The summed E-state index contributed by atoms with van der Waals surface area (Å²) >= 11 is 0. The number of benzene rings is 1. The van der Waals surface area contributed by atoms with E-state index in [2.05, 4.69) is 15.5 Å². The fraction of sp³-hybridized carbons (Fsp3) is 0.235. The summed E-state index contributed by atoms with van der Waals surface area (Å²) in [7, 11) is 2.90. The molecule has 2 aromatic heterocycles. The number of aryl methyl sites for hydroxylation is 2. The minimum absolute atomic E-state index is 0.144. The van der Waals surface area contributed by atoms with Crippen LogP contribution in [0.15, 0.2) is 45.3 Å². The number of hydrogen-bond acceptors (Lipinski definition) is 5. The van der Waals surface area contributed by atoms with Gasteiger partial charge < -0.3 is 4.57 Å². The van der Waals surface area contributed by atoms with E-state index in [1.165, 1.54) is 35.8 Å². The normalized spacial score (nSPS) is 11.3. The fourth-order valence-electron chi connectivity index (χ4n) is 2.54. The van der Waals surface area contributed by atoms with Gasteiger partial charge in [0, 0.05) is 14.1 Å². The van der Waals surface area contributed by atoms with Crippen molar-refractivity contribution in [2.45, 2.75) is 13.5 Å². The number of nitrogens with zero attached hydrogens (tertiary/aromatic N) is 5. The van der Waals surface area contributed by atoms with Crippen molar-refractivity contribution >= 4 is 23.3 Å². The van der Waals surface area contributed by atoms with Gasteiger partial charge in [-0.2, -0.15) is 5.10 Å². The minimum atomic E-state index is -0.503. The van der Waals surface area contributed by atoms with E-state index < -0.39 is 17.2 Å². The second-order valence-electron chi connectivity index (χ2n) is 5.95. The minimum Gasteiger partial charge on any atom is -0.315 e. The first kappa shape index (κ1) is 17.3. The Hall–Kier alpha value is -3.49. The van der Waals surface area contributed by atoms with Gasteiger partial charge in [0.15, 0.2) is 11.2 Å². The van der Waals surface area contributed by atoms with Crippen molar-refractivity contribution in [1.29, 1.82) is 0 Å². The molecule has 1 N–H and O–H groups in total. The van der Waals surface area contributed by atoms with Crippen LogP contribution < -0.4 is 16.7 Å². The Bertz CT molecular complexity index is 1120. The number of aromatic nitrogens is 4. The Kier molecular flexibility index (Phi) is 4.53. The maximum absolute atomic E-state index is 12.3. The number of hydrazone groups is 1. The number of carbonyl (C=O) groups excluding carboxylic acids is 1. The molecule has 9 heteroatoms. The van der Waals surface area contributed by atoms with E-state index in [4.69, 9.17) is 0 Å². The van der Waals surface area contributed by atoms with Crippen molar-refractivity contribution in [3.8, 4) is 0 Å². The molecule has 3 aromatic rings. The first-order valence-electron chi connectivity index (χ1n) is 7.88. The standard InChI is InChI=1S/C17H18N6O3/c1-11-4-6-12(7-5-11)8-19-20-13(24)9-23-10-18-15-14(23)16(25)22(3)17(26)21(15)2/h4-8,10H,9H2,1-3H3,(H,20,24). The average Bonchev–Trinajstić information content (AvgIpc) is 3.03. The molecule has 0 spiro atoms. The van der Waals surface area contributed by atoms with E-state index >= 15 is 0 Å². The van der Waals surface area contributed by atoms with Crippen LogP contribution in [0.2, 0.25) is 0 Å². The molecule has 0 aliphatic heterocycles. The van der Waals surface area contributed by atoms with Crippen LogP contribution in [0.1, 0.15) is 11.1 Å². The van der Waals surface area contributed by atoms with Crippen molar-refractivity contribution in [3.05, 3.63) is 62.6 Å². The van der Waals surface area contributed by atoms with Gasteiger partial charge in [0.1, 0.15) is 6.54 Å². The molecule has 0 bridgehead atoms. The summed E-state index contributed by atoms with van der Waals surface area (Å²) in [5.74, 6) is -0.413. The molecule has 0 fully saturated rings. The smallest absolute Gasteiger partial charge is 0.315 e. The summed E-state index contributed by atoms with van der Waals surface area (Å²) in [6.45, 7) is 1.84. The van der Waals surface area contributed by atoms with Crippen LogP contribution in [0.5, 0.6) is 0 Å². The molecule has 3 rings (SSSR count). The van der Waals surface area contributed by atoms with Crippen molar-refractivity contribution in [2.75, 3.05) is 0 Å². The monoisotopic (exact) mass is 354 g/mol. The largest absolute Gasteiger partial charge is 0.332 e. The van der Waals surface area contributed by atoms with Gasteiger partial charge in [-0.25, -0.2) is 15.2 Å². The van der Waals surface area contributed by atoms with Gasteiger partial charge in [0.25, 0.3) is 11.5 Å². The van der Waals surface area contributed by atoms with Gasteiger partial charge in [0.05, 0.1) is 12.5 Å². The van der Waals surface area contributed by atoms with E-state index in [-0.39, 0.29) is 17.7 Å². The molecular formula is C17H18N6O3. The third-order valence-electron chi connectivity index (χ3n) is 4.01. The first-order chi connectivity index (χ1) is 12.4. The fourth-order valence-corrected chi connectivity index (χ4v) is 2.54. The van der Waals surface area contributed by atoms with Gasteiger partial charge in [0.2, 0.25) is 0 Å². The van der Waals surface area contributed by atoms with Gasteiger partial charge in [-0.1, -0.05) is 29.8 Å². The number of rotatable bonds is 4.